The van der Waals surface area contributed by atoms with Gasteiger partial charge in [0.1, 0.15) is 11.5 Å². The molecular formula is C10H16N2NaO6S2. The van der Waals surface area contributed by atoms with Crippen LogP contribution in [0.4, 0.5) is 0 Å². The third-order valence-electron chi connectivity index (χ3n) is 1.93. The summed E-state index contributed by atoms with van der Waals surface area (Å²) < 4.78 is 44.3. The molecule has 0 saturated carbocycles. The standard InChI is InChI=1S/C10H16N2O6S2.Na/c1-4-19(15,16)6-9(13)11-8(3)12-10(14)7-20(17,18)5-2;/h4-5,8H,1-2,6-7H2,3H3,(H,11,13)(H,12,14);. The predicted molar refractivity (Wildman–Crippen MR) is 79.5 cm³/mol. The van der Waals surface area contributed by atoms with Crippen LogP contribution in [0.15, 0.2) is 24.0 Å². The van der Waals surface area contributed by atoms with Crippen LogP contribution in [0, 0.1) is 0 Å². The molecule has 0 spiro atoms. The van der Waals surface area contributed by atoms with Gasteiger partial charge >= 0.3 is 0 Å². The molecule has 0 unspecified atom stereocenters. The van der Waals surface area contributed by atoms with Gasteiger partial charge in [0.05, 0.1) is 6.17 Å². The molecule has 2 N–H and O–H groups in total. The summed E-state index contributed by atoms with van der Waals surface area (Å²) >= 11 is 0. The molecule has 11 heteroatoms. The van der Waals surface area contributed by atoms with Gasteiger partial charge in [0.2, 0.25) is 11.8 Å². The molecule has 0 aromatic heterocycles. The summed E-state index contributed by atoms with van der Waals surface area (Å²) in [5.74, 6) is -3.29. The second kappa shape index (κ2) is 9.36. The van der Waals surface area contributed by atoms with Gasteiger partial charge < -0.3 is 10.6 Å². The zero-order valence-electron chi connectivity index (χ0n) is 11.8. The van der Waals surface area contributed by atoms with Gasteiger partial charge in [-0.25, -0.2) is 16.8 Å². The first-order valence-electron chi connectivity index (χ1n) is 5.30. The van der Waals surface area contributed by atoms with E-state index in [0.717, 1.165) is 0 Å². The van der Waals surface area contributed by atoms with Crippen LogP contribution in [-0.4, -0.2) is 75.9 Å². The average molecular weight is 347 g/mol. The molecule has 2 amide bonds. The summed E-state index contributed by atoms with van der Waals surface area (Å²) in [4.78, 5) is 22.7. The molecule has 0 rings (SSSR count). The van der Waals surface area contributed by atoms with Gasteiger partial charge in [-0.05, 0) is 6.92 Å². The summed E-state index contributed by atoms with van der Waals surface area (Å²) in [7, 11) is -7.39. The fourth-order valence-electron chi connectivity index (χ4n) is 1.09. The number of carbonyl (C=O) groups excluding carboxylic acids is 2. The minimum atomic E-state index is -3.70. The van der Waals surface area contributed by atoms with Crippen molar-refractivity contribution in [2.45, 2.75) is 13.1 Å². The van der Waals surface area contributed by atoms with Crippen molar-refractivity contribution in [3.63, 3.8) is 0 Å². The molecule has 0 heterocycles. The van der Waals surface area contributed by atoms with Crippen LogP contribution in [0.25, 0.3) is 0 Å². The number of rotatable bonds is 8. The fraction of sp³-hybridized carbons (Fsp3) is 0.400. The molecule has 0 aromatic carbocycles. The van der Waals surface area contributed by atoms with Gasteiger partial charge in [-0.3, -0.25) is 9.59 Å². The Balaban J connectivity index is 0. The molecule has 0 saturated heterocycles. The SMILES string of the molecule is C=CS(=O)(=O)CC(=O)NC(C)NC(=O)CS(=O)(=O)C=C.[Na]. The van der Waals surface area contributed by atoms with Gasteiger partial charge in [-0.15, -0.1) is 0 Å². The Bertz CT molecular complexity index is 557. The van der Waals surface area contributed by atoms with E-state index in [2.05, 4.69) is 23.8 Å². The summed E-state index contributed by atoms with van der Waals surface area (Å²) in [6, 6.07) is 0. The van der Waals surface area contributed by atoms with Gasteiger partial charge in [-0.1, -0.05) is 13.2 Å². The van der Waals surface area contributed by atoms with Crippen molar-refractivity contribution in [3.05, 3.63) is 24.0 Å². The van der Waals surface area contributed by atoms with Crippen LogP contribution in [0.5, 0.6) is 0 Å². The zero-order valence-corrected chi connectivity index (χ0v) is 15.5. The van der Waals surface area contributed by atoms with Crippen molar-refractivity contribution >= 4 is 61.0 Å². The number of amides is 2. The first-order chi connectivity index (χ1) is 9.01. The topological polar surface area (TPSA) is 126 Å². The van der Waals surface area contributed by atoms with E-state index >= 15 is 0 Å². The Kier molecular flexibility index (Phi) is 10.1. The van der Waals surface area contributed by atoms with Crippen molar-refractivity contribution in [3.8, 4) is 0 Å². The molecule has 1 radical (unpaired) electrons. The largest absolute Gasteiger partial charge is 0.335 e. The van der Waals surface area contributed by atoms with Crippen LogP contribution < -0.4 is 10.6 Å². The number of carbonyl (C=O) groups is 2. The number of hydrogen-bond acceptors (Lipinski definition) is 6. The number of sulfone groups is 2. The molecule has 115 valence electrons. The van der Waals surface area contributed by atoms with E-state index in [0.29, 0.717) is 10.8 Å². The van der Waals surface area contributed by atoms with Gasteiger partial charge in [0.25, 0.3) is 0 Å². The third kappa shape index (κ3) is 10.7. The normalized spacial score (nSPS) is 11.1. The maximum Gasteiger partial charge on any atom is 0.237 e. The zero-order chi connectivity index (χ0) is 16.0. The Morgan fingerprint density at radius 3 is 1.48 bits per heavy atom. The van der Waals surface area contributed by atoms with Crippen LogP contribution in [0.1, 0.15) is 6.92 Å². The van der Waals surface area contributed by atoms with Crippen LogP contribution in [-0.2, 0) is 29.3 Å². The summed E-state index contributed by atoms with van der Waals surface area (Å²) in [6.07, 6.45) is -0.921. The van der Waals surface area contributed by atoms with Gasteiger partial charge in [-0.2, -0.15) is 0 Å². The Morgan fingerprint density at radius 2 is 1.24 bits per heavy atom. The van der Waals surface area contributed by atoms with Crippen molar-refractivity contribution < 1.29 is 26.4 Å². The van der Waals surface area contributed by atoms with E-state index in [1.54, 1.807) is 0 Å². The van der Waals surface area contributed by atoms with Gasteiger partial charge in [0, 0.05) is 40.4 Å². The van der Waals surface area contributed by atoms with Crippen LogP contribution in [0.3, 0.4) is 0 Å². The Labute approximate surface area is 146 Å². The Hall–Kier alpha value is -0.680. The summed E-state index contributed by atoms with van der Waals surface area (Å²) in [5.41, 5.74) is 0. The summed E-state index contributed by atoms with van der Waals surface area (Å²) in [5, 5.41) is 5.66. The smallest absolute Gasteiger partial charge is 0.237 e. The molecule has 0 atom stereocenters. The molecule has 21 heavy (non-hydrogen) atoms. The fourth-order valence-corrected chi connectivity index (χ4v) is 2.22. The van der Waals surface area contributed by atoms with Crippen LogP contribution in [0.2, 0.25) is 0 Å². The van der Waals surface area contributed by atoms with E-state index in [4.69, 9.17) is 0 Å². The Morgan fingerprint density at radius 1 is 0.952 bits per heavy atom. The van der Waals surface area contributed by atoms with E-state index in [1.165, 1.54) is 6.92 Å². The monoisotopic (exact) mass is 347 g/mol. The van der Waals surface area contributed by atoms with Crippen molar-refractivity contribution in [1.82, 2.24) is 10.6 Å². The molecule has 0 aromatic rings. The van der Waals surface area contributed by atoms with E-state index in [9.17, 15) is 26.4 Å². The van der Waals surface area contributed by atoms with Crippen LogP contribution >= 0.6 is 0 Å². The number of nitrogens with one attached hydrogen (secondary N) is 2. The maximum absolute atomic E-state index is 11.3. The second-order valence-corrected chi connectivity index (χ2v) is 7.70. The molecule has 0 aliphatic carbocycles. The van der Waals surface area contributed by atoms with E-state index in [1.807, 2.05) is 0 Å². The van der Waals surface area contributed by atoms with Crippen molar-refractivity contribution in [2.24, 2.45) is 0 Å². The maximum atomic E-state index is 11.3. The third-order valence-corrected chi connectivity index (χ3v) is 4.27. The molecule has 0 bridgehead atoms. The van der Waals surface area contributed by atoms with E-state index in [-0.39, 0.29) is 29.6 Å². The van der Waals surface area contributed by atoms with E-state index < -0.39 is 49.2 Å². The first kappa shape index (κ1) is 22.6. The quantitative estimate of drug-likeness (QED) is 0.398. The first-order valence-corrected chi connectivity index (χ1v) is 8.73. The summed E-state index contributed by atoms with van der Waals surface area (Å²) in [6.45, 7) is 7.46. The molecule has 0 aliphatic rings. The minimum absolute atomic E-state index is 0. The predicted octanol–water partition coefficient (Wildman–Crippen LogP) is -1.70. The minimum Gasteiger partial charge on any atom is -0.335 e. The second-order valence-electron chi connectivity index (χ2n) is 3.80. The average Bonchev–Trinajstić information content (AvgIpc) is 2.26. The van der Waals surface area contributed by atoms with Crippen molar-refractivity contribution in [1.29, 1.82) is 0 Å². The molecular weight excluding hydrogens is 331 g/mol. The molecule has 0 fully saturated rings. The van der Waals surface area contributed by atoms with Crippen molar-refractivity contribution in [2.75, 3.05) is 11.5 Å². The molecule has 0 aliphatic heterocycles. The number of hydrogen-bond donors (Lipinski definition) is 2. The molecule has 8 nitrogen and oxygen atoms in total. The van der Waals surface area contributed by atoms with Gasteiger partial charge in [0.15, 0.2) is 19.7 Å².